The lowest BCUT2D eigenvalue weighted by atomic mass is 9.74. The fourth-order valence-corrected chi connectivity index (χ4v) is 3.80. The van der Waals surface area contributed by atoms with Gasteiger partial charge >= 0.3 is 0 Å². The van der Waals surface area contributed by atoms with Crippen LogP contribution in [0.3, 0.4) is 0 Å². The molecule has 3 N–H and O–H groups in total. The van der Waals surface area contributed by atoms with Crippen molar-refractivity contribution in [3.05, 3.63) is 35.6 Å². The van der Waals surface area contributed by atoms with Gasteiger partial charge in [-0.3, -0.25) is 4.79 Å². The number of carbonyl (C=O) groups excluding carboxylic acids is 1. The topological polar surface area (TPSA) is 73.6 Å². The average Bonchev–Trinajstić information content (AvgIpc) is 2.67. The van der Waals surface area contributed by atoms with Gasteiger partial charge in [0.1, 0.15) is 5.82 Å². The highest BCUT2D eigenvalue weighted by molar-refractivity contribution is 5.82. The van der Waals surface area contributed by atoms with E-state index in [0.717, 1.165) is 31.2 Å². The molecule has 2 heterocycles. The van der Waals surface area contributed by atoms with Crippen LogP contribution < -0.4 is 11.1 Å². The van der Waals surface area contributed by atoms with Crippen molar-refractivity contribution in [2.75, 3.05) is 33.0 Å². The first-order valence-corrected chi connectivity index (χ1v) is 9.06. The maximum atomic E-state index is 13.3. The number of carbonyl (C=O) groups is 1. The Morgan fingerprint density at radius 2 is 1.76 bits per heavy atom. The molecule has 0 saturated carbocycles. The lowest BCUT2D eigenvalue weighted by molar-refractivity contribution is -0.124. The van der Waals surface area contributed by atoms with Gasteiger partial charge in [0.05, 0.1) is 6.04 Å². The number of nitrogens with one attached hydrogen (secondary N) is 1. The fraction of sp³-hybridized carbons (Fsp3) is 0.632. The summed E-state index contributed by atoms with van der Waals surface area (Å²) in [5.41, 5.74) is 6.98. The molecular formula is C19H27FN2O3. The zero-order valence-electron chi connectivity index (χ0n) is 14.5. The number of halogens is 1. The highest BCUT2D eigenvalue weighted by atomic mass is 19.1. The lowest BCUT2D eigenvalue weighted by Crippen LogP contribution is -2.51. The summed E-state index contributed by atoms with van der Waals surface area (Å²) in [6.07, 6.45) is 3.24. The van der Waals surface area contributed by atoms with E-state index in [1.807, 2.05) is 12.1 Å². The predicted molar refractivity (Wildman–Crippen MR) is 92.7 cm³/mol. The second-order valence-corrected chi connectivity index (χ2v) is 7.09. The summed E-state index contributed by atoms with van der Waals surface area (Å²) >= 11 is 0. The van der Waals surface area contributed by atoms with Crippen molar-refractivity contribution < 1.29 is 18.7 Å². The van der Waals surface area contributed by atoms with Gasteiger partial charge in [-0.25, -0.2) is 4.39 Å². The standard InChI is InChI=1S/C19H27FN2O3/c20-16-3-1-15(2-4-16)19(7-11-25-12-8-19)13-22-18(23)17(21)14-5-9-24-10-6-14/h1-4,14,17H,5-13,21H2,(H,22,23). The highest BCUT2D eigenvalue weighted by Gasteiger charge is 2.36. The molecule has 25 heavy (non-hydrogen) atoms. The van der Waals surface area contributed by atoms with Crippen LogP contribution in [0.25, 0.3) is 0 Å². The molecule has 1 aromatic rings. The smallest absolute Gasteiger partial charge is 0.237 e. The summed E-state index contributed by atoms with van der Waals surface area (Å²) < 4.78 is 24.1. The first kappa shape index (κ1) is 18.3. The first-order chi connectivity index (χ1) is 12.1. The molecule has 0 aliphatic carbocycles. The minimum Gasteiger partial charge on any atom is -0.381 e. The molecule has 2 saturated heterocycles. The largest absolute Gasteiger partial charge is 0.381 e. The van der Waals surface area contributed by atoms with Crippen LogP contribution in [-0.2, 0) is 19.7 Å². The third kappa shape index (κ3) is 4.37. The average molecular weight is 350 g/mol. The number of hydrogen-bond donors (Lipinski definition) is 2. The first-order valence-electron chi connectivity index (χ1n) is 9.06. The van der Waals surface area contributed by atoms with E-state index in [1.165, 1.54) is 12.1 Å². The molecule has 0 spiro atoms. The third-order valence-corrected chi connectivity index (χ3v) is 5.58. The molecule has 0 radical (unpaired) electrons. The summed E-state index contributed by atoms with van der Waals surface area (Å²) in [5.74, 6) is -0.193. The number of amides is 1. The molecule has 1 unspecified atom stereocenters. The van der Waals surface area contributed by atoms with Crippen molar-refractivity contribution in [1.29, 1.82) is 0 Å². The van der Waals surface area contributed by atoms with Gasteiger partial charge in [-0.2, -0.15) is 0 Å². The monoisotopic (exact) mass is 350 g/mol. The maximum Gasteiger partial charge on any atom is 0.237 e. The summed E-state index contributed by atoms with van der Waals surface area (Å²) in [4.78, 5) is 12.5. The molecular weight excluding hydrogens is 323 g/mol. The zero-order chi connectivity index (χ0) is 17.7. The van der Waals surface area contributed by atoms with Gasteiger partial charge in [-0.15, -0.1) is 0 Å². The zero-order valence-corrected chi connectivity index (χ0v) is 14.5. The van der Waals surface area contributed by atoms with Crippen molar-refractivity contribution in [1.82, 2.24) is 5.32 Å². The van der Waals surface area contributed by atoms with Gasteiger partial charge in [0.25, 0.3) is 0 Å². The van der Waals surface area contributed by atoms with Gasteiger partial charge in [0, 0.05) is 38.4 Å². The van der Waals surface area contributed by atoms with Gasteiger partial charge in [-0.1, -0.05) is 12.1 Å². The number of ether oxygens (including phenoxy) is 2. The minimum absolute atomic E-state index is 0.111. The van der Waals surface area contributed by atoms with Crippen LogP contribution in [0.15, 0.2) is 24.3 Å². The Morgan fingerprint density at radius 3 is 2.40 bits per heavy atom. The molecule has 1 amide bonds. The van der Waals surface area contributed by atoms with E-state index >= 15 is 0 Å². The molecule has 2 aliphatic heterocycles. The van der Waals surface area contributed by atoms with Crippen molar-refractivity contribution in [2.45, 2.75) is 37.1 Å². The predicted octanol–water partition coefficient (Wildman–Crippen LogP) is 1.74. The molecule has 2 fully saturated rings. The number of hydrogen-bond acceptors (Lipinski definition) is 4. The SMILES string of the molecule is NC(C(=O)NCC1(c2ccc(F)cc2)CCOCC1)C1CCOCC1. The van der Waals surface area contributed by atoms with E-state index in [1.54, 1.807) is 0 Å². The van der Waals surface area contributed by atoms with E-state index in [4.69, 9.17) is 15.2 Å². The number of benzene rings is 1. The van der Waals surface area contributed by atoms with Gasteiger partial charge in [0.15, 0.2) is 0 Å². The Hall–Kier alpha value is -1.50. The molecule has 0 bridgehead atoms. The molecule has 5 nitrogen and oxygen atoms in total. The number of rotatable bonds is 5. The summed E-state index contributed by atoms with van der Waals surface area (Å²) in [7, 11) is 0. The number of nitrogens with two attached hydrogens (primary N) is 1. The van der Waals surface area contributed by atoms with Crippen molar-refractivity contribution >= 4 is 5.91 Å². The van der Waals surface area contributed by atoms with Crippen LogP contribution >= 0.6 is 0 Å². The molecule has 1 atom stereocenters. The van der Waals surface area contributed by atoms with Crippen LogP contribution in [0.4, 0.5) is 4.39 Å². The molecule has 1 aromatic carbocycles. The van der Waals surface area contributed by atoms with Crippen LogP contribution in [0.2, 0.25) is 0 Å². The van der Waals surface area contributed by atoms with E-state index in [0.29, 0.717) is 33.0 Å². The van der Waals surface area contributed by atoms with Gasteiger partial charge in [-0.05, 0) is 49.3 Å². The van der Waals surface area contributed by atoms with E-state index in [9.17, 15) is 9.18 Å². The summed E-state index contributed by atoms with van der Waals surface area (Å²) in [6, 6.07) is 6.06. The minimum atomic E-state index is -0.506. The van der Waals surface area contributed by atoms with Crippen molar-refractivity contribution in [2.24, 2.45) is 11.7 Å². The molecule has 0 aromatic heterocycles. The molecule has 138 valence electrons. The normalized spacial score (nSPS) is 22.3. The Morgan fingerprint density at radius 1 is 1.16 bits per heavy atom. The summed E-state index contributed by atoms with van der Waals surface area (Å²) in [5, 5.41) is 3.05. The summed E-state index contributed by atoms with van der Waals surface area (Å²) in [6.45, 7) is 3.11. The Bertz CT molecular complexity index is 567. The quantitative estimate of drug-likeness (QED) is 0.848. The van der Waals surface area contributed by atoms with E-state index in [2.05, 4.69) is 5.32 Å². The Labute approximate surface area is 148 Å². The van der Waals surface area contributed by atoms with E-state index in [-0.39, 0.29) is 23.1 Å². The fourth-order valence-electron chi connectivity index (χ4n) is 3.80. The lowest BCUT2D eigenvalue weighted by Gasteiger charge is -2.38. The third-order valence-electron chi connectivity index (χ3n) is 5.58. The molecule has 3 rings (SSSR count). The molecule has 6 heteroatoms. The van der Waals surface area contributed by atoms with Crippen molar-refractivity contribution in [3.8, 4) is 0 Å². The van der Waals surface area contributed by atoms with E-state index < -0.39 is 6.04 Å². The Balaban J connectivity index is 1.66. The van der Waals surface area contributed by atoms with Crippen LogP contribution in [0, 0.1) is 11.7 Å². The second kappa shape index (κ2) is 8.25. The van der Waals surface area contributed by atoms with Crippen molar-refractivity contribution in [3.63, 3.8) is 0 Å². The van der Waals surface area contributed by atoms with Crippen LogP contribution in [0.1, 0.15) is 31.2 Å². The maximum absolute atomic E-state index is 13.3. The van der Waals surface area contributed by atoms with Crippen LogP contribution in [0.5, 0.6) is 0 Å². The Kier molecular flexibility index (Phi) is 6.04. The highest BCUT2D eigenvalue weighted by Crippen LogP contribution is 2.34. The van der Waals surface area contributed by atoms with Gasteiger partial charge in [0.2, 0.25) is 5.91 Å². The van der Waals surface area contributed by atoms with Gasteiger partial charge < -0.3 is 20.5 Å². The molecule has 2 aliphatic rings. The van der Waals surface area contributed by atoms with Crippen LogP contribution in [-0.4, -0.2) is 44.9 Å². The second-order valence-electron chi connectivity index (χ2n) is 7.09.